The molecule has 4 rings (SSSR count). The molecule has 1 unspecified atom stereocenters. The van der Waals surface area contributed by atoms with E-state index in [1.165, 1.54) is 4.88 Å². The van der Waals surface area contributed by atoms with Crippen LogP contribution in [0.5, 0.6) is 0 Å². The summed E-state index contributed by atoms with van der Waals surface area (Å²) in [5.41, 5.74) is 2.15. The third kappa shape index (κ3) is 4.10. The number of thiophene rings is 1. The summed E-state index contributed by atoms with van der Waals surface area (Å²) in [7, 11) is 0. The van der Waals surface area contributed by atoms with Gasteiger partial charge in [0.05, 0.1) is 28.7 Å². The van der Waals surface area contributed by atoms with E-state index in [9.17, 15) is 4.79 Å². The van der Waals surface area contributed by atoms with E-state index in [4.69, 9.17) is 9.72 Å². The number of benzene rings is 1. The first kappa shape index (κ1) is 19.8. The van der Waals surface area contributed by atoms with Crippen molar-refractivity contribution in [3.8, 4) is 5.13 Å². The molecule has 150 valence electrons. The molecule has 0 saturated heterocycles. The molecule has 0 fully saturated rings. The summed E-state index contributed by atoms with van der Waals surface area (Å²) < 4.78 is 8.09. The number of fused-ring (bicyclic) bond motifs is 1. The lowest BCUT2D eigenvalue weighted by Gasteiger charge is -2.16. The molecule has 0 amide bonds. The van der Waals surface area contributed by atoms with E-state index in [-0.39, 0.29) is 12.0 Å². The number of thiazole rings is 1. The average Bonchev–Trinajstić information content (AvgIpc) is 3.47. The smallest absolute Gasteiger partial charge is 0.341 e. The summed E-state index contributed by atoms with van der Waals surface area (Å²) in [6, 6.07) is 12.4. The highest BCUT2D eigenvalue weighted by Crippen LogP contribution is 2.27. The van der Waals surface area contributed by atoms with Crippen LogP contribution in [0.1, 0.15) is 47.2 Å². The molecule has 3 heterocycles. The molecule has 0 aliphatic heterocycles. The Kier molecular flexibility index (Phi) is 6.03. The Morgan fingerprint density at radius 2 is 2.10 bits per heavy atom. The Morgan fingerprint density at radius 1 is 1.24 bits per heavy atom. The molecule has 3 aromatic heterocycles. The Bertz CT molecular complexity index is 1070. The van der Waals surface area contributed by atoms with Crippen LogP contribution in [0.25, 0.3) is 15.3 Å². The molecule has 8 heteroatoms. The fraction of sp³-hybridized carbons (Fsp3) is 0.286. The monoisotopic (exact) mass is 426 g/mol. The lowest BCUT2D eigenvalue weighted by atomic mass is 10.1. The normalized spacial score (nSPS) is 12.3. The van der Waals surface area contributed by atoms with E-state index in [1.807, 2.05) is 24.3 Å². The van der Waals surface area contributed by atoms with Gasteiger partial charge in [0.25, 0.3) is 0 Å². The highest BCUT2D eigenvalue weighted by Gasteiger charge is 2.22. The first-order valence-corrected chi connectivity index (χ1v) is 11.3. The van der Waals surface area contributed by atoms with Crippen LogP contribution in [0.4, 0.5) is 0 Å². The van der Waals surface area contributed by atoms with Gasteiger partial charge in [-0.2, -0.15) is 5.10 Å². The molecular weight excluding hydrogens is 404 g/mol. The van der Waals surface area contributed by atoms with Crippen LogP contribution in [0.2, 0.25) is 0 Å². The van der Waals surface area contributed by atoms with E-state index in [0.717, 1.165) is 27.5 Å². The van der Waals surface area contributed by atoms with Gasteiger partial charge < -0.3 is 10.1 Å². The van der Waals surface area contributed by atoms with Gasteiger partial charge in [0.15, 0.2) is 0 Å². The van der Waals surface area contributed by atoms with Crippen molar-refractivity contribution >= 4 is 38.9 Å². The summed E-state index contributed by atoms with van der Waals surface area (Å²) in [5, 5.41) is 10.9. The van der Waals surface area contributed by atoms with Gasteiger partial charge in [0.2, 0.25) is 5.13 Å². The summed E-state index contributed by atoms with van der Waals surface area (Å²) in [5.74, 6) is -0.360. The number of aromatic nitrogens is 3. The molecule has 0 spiro atoms. The van der Waals surface area contributed by atoms with E-state index >= 15 is 0 Å². The van der Waals surface area contributed by atoms with Crippen molar-refractivity contribution in [1.29, 1.82) is 0 Å². The highest BCUT2D eigenvalue weighted by atomic mass is 32.1. The van der Waals surface area contributed by atoms with Gasteiger partial charge >= 0.3 is 5.97 Å². The molecule has 0 aliphatic carbocycles. The zero-order chi connectivity index (χ0) is 20.2. The van der Waals surface area contributed by atoms with Crippen molar-refractivity contribution in [2.24, 2.45) is 0 Å². The number of nitrogens with zero attached hydrogens (tertiary/aromatic N) is 3. The Hall–Kier alpha value is -2.55. The number of rotatable bonds is 8. The topological polar surface area (TPSA) is 69.0 Å². The predicted octanol–water partition coefficient (Wildman–Crippen LogP) is 4.96. The SMILES string of the molecule is CCOC(=O)c1cnn(-c2nc3ccccc3s2)c1CNC(CC)c1cccs1. The second kappa shape index (κ2) is 8.86. The lowest BCUT2D eigenvalue weighted by molar-refractivity contribution is 0.0524. The molecule has 1 aromatic carbocycles. The second-order valence-corrected chi connectivity index (χ2v) is 8.45. The Balaban J connectivity index is 1.69. The fourth-order valence-electron chi connectivity index (χ4n) is 3.19. The summed E-state index contributed by atoms with van der Waals surface area (Å²) in [4.78, 5) is 18.5. The first-order valence-electron chi connectivity index (χ1n) is 9.58. The lowest BCUT2D eigenvalue weighted by Crippen LogP contribution is -2.23. The van der Waals surface area contributed by atoms with Crippen molar-refractivity contribution in [1.82, 2.24) is 20.1 Å². The van der Waals surface area contributed by atoms with Gasteiger partial charge in [-0.25, -0.2) is 14.5 Å². The minimum Gasteiger partial charge on any atom is -0.462 e. The van der Waals surface area contributed by atoms with Gasteiger partial charge in [-0.1, -0.05) is 36.5 Å². The predicted molar refractivity (Wildman–Crippen MR) is 117 cm³/mol. The van der Waals surface area contributed by atoms with Crippen LogP contribution in [-0.4, -0.2) is 27.3 Å². The standard InChI is InChI=1S/C21H22N4O2S2/c1-3-15(18-10-7-11-28-18)22-13-17-14(20(26)27-4-2)12-23-25(17)21-24-16-8-5-6-9-19(16)29-21/h5-12,15,22H,3-4,13H2,1-2H3. The Labute approximate surface area is 177 Å². The van der Waals surface area contributed by atoms with E-state index < -0.39 is 0 Å². The molecule has 0 saturated carbocycles. The number of nitrogens with one attached hydrogen (secondary N) is 1. The zero-order valence-corrected chi connectivity index (χ0v) is 17.9. The maximum absolute atomic E-state index is 12.5. The van der Waals surface area contributed by atoms with Crippen LogP contribution >= 0.6 is 22.7 Å². The molecule has 0 radical (unpaired) electrons. The van der Waals surface area contributed by atoms with Crippen molar-refractivity contribution in [2.45, 2.75) is 32.9 Å². The van der Waals surface area contributed by atoms with Crippen LogP contribution in [0.3, 0.4) is 0 Å². The van der Waals surface area contributed by atoms with Crippen molar-refractivity contribution in [2.75, 3.05) is 6.61 Å². The number of hydrogen-bond acceptors (Lipinski definition) is 7. The van der Waals surface area contributed by atoms with E-state index in [2.05, 4.69) is 34.9 Å². The zero-order valence-electron chi connectivity index (χ0n) is 16.3. The quantitative estimate of drug-likeness (QED) is 0.403. The molecular formula is C21H22N4O2S2. The number of carbonyl (C=O) groups is 1. The van der Waals surface area contributed by atoms with E-state index in [1.54, 1.807) is 40.5 Å². The highest BCUT2D eigenvalue weighted by molar-refractivity contribution is 7.20. The van der Waals surface area contributed by atoms with Crippen LogP contribution in [0.15, 0.2) is 48.0 Å². The number of esters is 1. The molecule has 0 aliphatic rings. The maximum atomic E-state index is 12.5. The molecule has 29 heavy (non-hydrogen) atoms. The fourth-order valence-corrected chi connectivity index (χ4v) is 5.03. The van der Waals surface area contributed by atoms with Crippen molar-refractivity contribution in [3.05, 3.63) is 64.1 Å². The minimum atomic E-state index is -0.360. The minimum absolute atomic E-state index is 0.212. The molecule has 1 atom stereocenters. The summed E-state index contributed by atoms with van der Waals surface area (Å²) >= 11 is 3.28. The number of hydrogen-bond donors (Lipinski definition) is 1. The molecule has 6 nitrogen and oxygen atoms in total. The molecule has 0 bridgehead atoms. The van der Waals surface area contributed by atoms with Gasteiger partial charge in [0.1, 0.15) is 5.56 Å². The van der Waals surface area contributed by atoms with Crippen LogP contribution in [-0.2, 0) is 11.3 Å². The summed E-state index contributed by atoms with van der Waals surface area (Å²) in [6.07, 6.45) is 2.53. The van der Waals surface area contributed by atoms with Gasteiger partial charge in [-0.15, -0.1) is 11.3 Å². The van der Waals surface area contributed by atoms with Gasteiger partial charge in [-0.05, 0) is 36.9 Å². The second-order valence-electron chi connectivity index (χ2n) is 6.46. The third-order valence-corrected chi connectivity index (χ3v) is 6.64. The van der Waals surface area contributed by atoms with Crippen LogP contribution in [0, 0.1) is 0 Å². The van der Waals surface area contributed by atoms with Crippen molar-refractivity contribution < 1.29 is 9.53 Å². The van der Waals surface area contributed by atoms with Gasteiger partial charge in [0, 0.05) is 17.5 Å². The first-order chi connectivity index (χ1) is 14.2. The Morgan fingerprint density at radius 3 is 2.83 bits per heavy atom. The number of para-hydroxylation sites is 1. The van der Waals surface area contributed by atoms with Crippen LogP contribution < -0.4 is 5.32 Å². The molecule has 1 N–H and O–H groups in total. The largest absolute Gasteiger partial charge is 0.462 e. The molecule has 4 aromatic rings. The summed E-state index contributed by atoms with van der Waals surface area (Å²) in [6.45, 7) is 4.76. The van der Waals surface area contributed by atoms with Gasteiger partial charge in [-0.3, -0.25) is 0 Å². The maximum Gasteiger partial charge on any atom is 0.341 e. The number of carbonyl (C=O) groups excluding carboxylic acids is 1. The average molecular weight is 427 g/mol. The van der Waals surface area contributed by atoms with E-state index in [0.29, 0.717) is 18.7 Å². The number of ether oxygens (including phenoxy) is 1. The third-order valence-electron chi connectivity index (χ3n) is 4.64. The van der Waals surface area contributed by atoms with Crippen molar-refractivity contribution in [3.63, 3.8) is 0 Å².